The van der Waals surface area contributed by atoms with Crippen LogP contribution in [0.3, 0.4) is 0 Å². The Morgan fingerprint density at radius 1 is 1.13 bits per heavy atom. The molecule has 2 aromatic rings. The van der Waals surface area contributed by atoms with Crippen LogP contribution in [-0.4, -0.2) is 13.0 Å². The quantitative estimate of drug-likeness (QED) is 0.679. The number of rotatable bonds is 1. The number of alkyl halides is 3. The number of amides is 1. The van der Waals surface area contributed by atoms with Gasteiger partial charge in [-0.3, -0.25) is 4.79 Å². The van der Waals surface area contributed by atoms with Gasteiger partial charge in [-0.15, -0.1) is 0 Å². The molecular formula is C17H11ClF3NO. The van der Waals surface area contributed by atoms with Crippen molar-refractivity contribution in [2.24, 2.45) is 0 Å². The predicted molar refractivity (Wildman–Crippen MR) is 84.2 cm³/mol. The minimum atomic E-state index is -4.42. The second-order valence-corrected chi connectivity index (χ2v) is 5.64. The predicted octanol–water partition coefficient (Wildman–Crippen LogP) is 4.88. The summed E-state index contributed by atoms with van der Waals surface area (Å²) in [5.74, 6) is -0.278. The van der Waals surface area contributed by atoms with Crippen LogP contribution in [0.1, 0.15) is 16.7 Å². The molecule has 2 aromatic carbocycles. The van der Waals surface area contributed by atoms with E-state index in [0.29, 0.717) is 27.4 Å². The molecule has 0 N–H and O–H groups in total. The van der Waals surface area contributed by atoms with Gasteiger partial charge in [-0.2, -0.15) is 13.2 Å². The fourth-order valence-electron chi connectivity index (χ4n) is 2.53. The largest absolute Gasteiger partial charge is 0.416 e. The summed E-state index contributed by atoms with van der Waals surface area (Å²) in [6.45, 7) is 0. The maximum absolute atomic E-state index is 12.8. The lowest BCUT2D eigenvalue weighted by Gasteiger charge is -2.09. The van der Waals surface area contributed by atoms with E-state index in [0.717, 1.165) is 12.1 Å². The normalized spacial score (nSPS) is 16.1. The van der Waals surface area contributed by atoms with Crippen molar-refractivity contribution in [1.82, 2.24) is 0 Å². The minimum Gasteiger partial charge on any atom is -0.311 e. The number of anilines is 1. The van der Waals surface area contributed by atoms with E-state index in [-0.39, 0.29) is 5.91 Å². The highest BCUT2D eigenvalue weighted by molar-refractivity contribution is 6.37. The SMILES string of the molecule is CN1C(=O)C(=Cc2cccc(C(F)(F)F)c2)c2ccc(Cl)cc21. The van der Waals surface area contributed by atoms with Crippen molar-refractivity contribution in [3.63, 3.8) is 0 Å². The Morgan fingerprint density at radius 2 is 1.87 bits per heavy atom. The number of carbonyl (C=O) groups excluding carboxylic acids is 1. The van der Waals surface area contributed by atoms with E-state index in [2.05, 4.69) is 0 Å². The van der Waals surface area contributed by atoms with Crippen molar-refractivity contribution in [3.8, 4) is 0 Å². The molecule has 3 rings (SSSR count). The fraction of sp³-hybridized carbons (Fsp3) is 0.118. The van der Waals surface area contributed by atoms with E-state index in [9.17, 15) is 18.0 Å². The first kappa shape index (κ1) is 15.6. The van der Waals surface area contributed by atoms with Crippen LogP contribution in [0.4, 0.5) is 18.9 Å². The Balaban J connectivity index is 2.09. The molecule has 118 valence electrons. The van der Waals surface area contributed by atoms with Crippen LogP contribution < -0.4 is 4.90 Å². The Labute approximate surface area is 135 Å². The lowest BCUT2D eigenvalue weighted by molar-refractivity contribution is -0.137. The first-order valence-corrected chi connectivity index (χ1v) is 7.12. The second kappa shape index (κ2) is 5.42. The molecule has 6 heteroatoms. The number of halogens is 4. The monoisotopic (exact) mass is 337 g/mol. The molecule has 0 fully saturated rings. The maximum Gasteiger partial charge on any atom is 0.416 e. The van der Waals surface area contributed by atoms with Crippen molar-refractivity contribution in [2.45, 2.75) is 6.18 Å². The van der Waals surface area contributed by atoms with Gasteiger partial charge in [0, 0.05) is 23.2 Å². The van der Waals surface area contributed by atoms with E-state index < -0.39 is 11.7 Å². The average Bonchev–Trinajstić information content (AvgIpc) is 2.72. The highest BCUT2D eigenvalue weighted by Crippen LogP contribution is 2.38. The fourth-order valence-corrected chi connectivity index (χ4v) is 2.69. The van der Waals surface area contributed by atoms with Crippen LogP contribution in [0.25, 0.3) is 11.6 Å². The standard InChI is InChI=1S/C17H11ClF3NO/c1-22-15-9-12(18)5-6-13(15)14(16(22)23)8-10-3-2-4-11(7-10)17(19,20)21/h2-9H,1H3. The molecule has 1 amide bonds. The number of hydrogen-bond acceptors (Lipinski definition) is 1. The van der Waals surface area contributed by atoms with E-state index in [1.807, 2.05) is 0 Å². The van der Waals surface area contributed by atoms with Gasteiger partial charge in [0.05, 0.1) is 11.3 Å². The molecule has 0 unspecified atom stereocenters. The molecule has 0 bridgehead atoms. The smallest absolute Gasteiger partial charge is 0.311 e. The van der Waals surface area contributed by atoms with Crippen LogP contribution in [0.2, 0.25) is 5.02 Å². The van der Waals surface area contributed by atoms with Crippen LogP contribution in [0, 0.1) is 0 Å². The number of benzene rings is 2. The van der Waals surface area contributed by atoms with E-state index >= 15 is 0 Å². The molecule has 0 atom stereocenters. The Kier molecular flexibility index (Phi) is 3.68. The van der Waals surface area contributed by atoms with Crippen LogP contribution in [0.15, 0.2) is 42.5 Å². The lowest BCUT2D eigenvalue weighted by atomic mass is 10.0. The second-order valence-electron chi connectivity index (χ2n) is 5.21. The molecule has 1 aliphatic heterocycles. The van der Waals surface area contributed by atoms with Gasteiger partial charge in [0.1, 0.15) is 0 Å². The minimum absolute atomic E-state index is 0.278. The van der Waals surface area contributed by atoms with Gasteiger partial charge in [-0.25, -0.2) is 0 Å². The molecule has 0 aliphatic carbocycles. The highest BCUT2D eigenvalue weighted by Gasteiger charge is 2.32. The van der Waals surface area contributed by atoms with Crippen molar-refractivity contribution in [3.05, 3.63) is 64.2 Å². The summed E-state index contributed by atoms with van der Waals surface area (Å²) in [4.78, 5) is 13.8. The Hall–Kier alpha value is -2.27. The van der Waals surface area contributed by atoms with Crippen molar-refractivity contribution in [2.75, 3.05) is 11.9 Å². The zero-order chi connectivity index (χ0) is 16.8. The highest BCUT2D eigenvalue weighted by atomic mass is 35.5. The number of fused-ring (bicyclic) bond motifs is 1. The molecule has 0 aromatic heterocycles. The zero-order valence-electron chi connectivity index (χ0n) is 12.0. The number of carbonyl (C=O) groups is 1. The summed E-state index contributed by atoms with van der Waals surface area (Å²) < 4.78 is 38.4. The average molecular weight is 338 g/mol. The molecular weight excluding hydrogens is 327 g/mol. The van der Waals surface area contributed by atoms with Gasteiger partial charge >= 0.3 is 6.18 Å². The molecule has 0 saturated heterocycles. The number of nitrogens with zero attached hydrogens (tertiary/aromatic N) is 1. The summed E-state index contributed by atoms with van der Waals surface area (Å²) in [6, 6.07) is 9.87. The van der Waals surface area contributed by atoms with E-state index in [1.165, 1.54) is 23.1 Å². The third-order valence-electron chi connectivity index (χ3n) is 3.67. The van der Waals surface area contributed by atoms with Gasteiger partial charge < -0.3 is 4.90 Å². The Morgan fingerprint density at radius 3 is 2.57 bits per heavy atom. The third kappa shape index (κ3) is 2.84. The van der Waals surface area contributed by atoms with Crippen molar-refractivity contribution >= 4 is 34.8 Å². The molecule has 0 radical (unpaired) electrons. The first-order chi connectivity index (χ1) is 10.8. The molecule has 0 spiro atoms. The van der Waals surface area contributed by atoms with Gasteiger partial charge in [0.15, 0.2) is 0 Å². The third-order valence-corrected chi connectivity index (χ3v) is 3.91. The molecule has 23 heavy (non-hydrogen) atoms. The summed E-state index contributed by atoms with van der Waals surface area (Å²) in [7, 11) is 1.60. The zero-order valence-corrected chi connectivity index (χ0v) is 12.7. The van der Waals surface area contributed by atoms with Crippen molar-refractivity contribution in [1.29, 1.82) is 0 Å². The molecule has 1 heterocycles. The summed E-state index contributed by atoms with van der Waals surface area (Å²) >= 11 is 5.93. The lowest BCUT2D eigenvalue weighted by Crippen LogP contribution is -2.20. The molecule has 0 saturated carbocycles. The topological polar surface area (TPSA) is 20.3 Å². The van der Waals surface area contributed by atoms with E-state index in [1.54, 1.807) is 25.2 Å². The number of hydrogen-bond donors (Lipinski definition) is 0. The molecule has 2 nitrogen and oxygen atoms in total. The first-order valence-electron chi connectivity index (χ1n) is 6.74. The maximum atomic E-state index is 12.8. The van der Waals surface area contributed by atoms with Crippen LogP contribution in [-0.2, 0) is 11.0 Å². The summed E-state index contributed by atoms with van der Waals surface area (Å²) in [6.07, 6.45) is -2.95. The van der Waals surface area contributed by atoms with E-state index in [4.69, 9.17) is 11.6 Å². The van der Waals surface area contributed by atoms with Gasteiger partial charge in [-0.05, 0) is 35.9 Å². The summed E-state index contributed by atoms with van der Waals surface area (Å²) in [5.41, 5.74) is 1.21. The Bertz CT molecular complexity index is 827. The number of likely N-dealkylation sites (N-methyl/N-ethyl adjacent to an activating group) is 1. The van der Waals surface area contributed by atoms with Crippen molar-refractivity contribution < 1.29 is 18.0 Å². The molecule has 1 aliphatic rings. The van der Waals surface area contributed by atoms with Gasteiger partial charge in [-0.1, -0.05) is 29.8 Å². The van der Waals surface area contributed by atoms with Gasteiger partial charge in [0.2, 0.25) is 0 Å². The van der Waals surface area contributed by atoms with Crippen LogP contribution in [0.5, 0.6) is 0 Å². The summed E-state index contributed by atoms with van der Waals surface area (Å²) in [5, 5.41) is 0.490. The van der Waals surface area contributed by atoms with Gasteiger partial charge in [0.25, 0.3) is 5.91 Å². The van der Waals surface area contributed by atoms with Crippen LogP contribution >= 0.6 is 11.6 Å².